The van der Waals surface area contributed by atoms with E-state index in [0.717, 1.165) is 25.0 Å². The minimum atomic E-state index is 0.852. The molecule has 0 spiro atoms. The Bertz CT molecular complexity index is 240. The van der Waals surface area contributed by atoms with E-state index in [-0.39, 0.29) is 0 Å². The van der Waals surface area contributed by atoms with E-state index in [2.05, 4.69) is 30.1 Å². The molecule has 3 heteroatoms. The number of hydrogen-bond acceptors (Lipinski definition) is 3. The van der Waals surface area contributed by atoms with Crippen molar-refractivity contribution in [3.63, 3.8) is 0 Å². The number of ether oxygens (including phenoxy) is 1. The molecule has 16 heavy (non-hydrogen) atoms. The van der Waals surface area contributed by atoms with Crippen LogP contribution < -0.4 is 0 Å². The van der Waals surface area contributed by atoms with Crippen molar-refractivity contribution in [3.8, 4) is 0 Å². The highest BCUT2D eigenvalue weighted by molar-refractivity contribution is 4.89. The van der Waals surface area contributed by atoms with Crippen molar-refractivity contribution < 1.29 is 4.74 Å². The van der Waals surface area contributed by atoms with Gasteiger partial charge >= 0.3 is 0 Å². The molecule has 1 aliphatic heterocycles. The van der Waals surface area contributed by atoms with Crippen LogP contribution in [0.5, 0.6) is 0 Å². The lowest BCUT2D eigenvalue weighted by atomic mass is 10.2. The standard InChI is InChI=1S/C13H24N2O/c1-14(2)5-3-12-11-13(12)4-6-15-7-9-16-10-8-15/h7,9,12-13H,3-6,8,10-11H2,1-2H3. The number of rotatable bonds is 6. The van der Waals surface area contributed by atoms with Crippen molar-refractivity contribution in [3.05, 3.63) is 12.5 Å². The van der Waals surface area contributed by atoms with Gasteiger partial charge in [-0.25, -0.2) is 0 Å². The third-order valence-electron chi connectivity index (χ3n) is 3.67. The zero-order valence-corrected chi connectivity index (χ0v) is 10.6. The van der Waals surface area contributed by atoms with Gasteiger partial charge in [-0.3, -0.25) is 0 Å². The lowest BCUT2D eigenvalue weighted by Gasteiger charge is -2.23. The van der Waals surface area contributed by atoms with Gasteiger partial charge < -0.3 is 14.5 Å². The second-order valence-electron chi connectivity index (χ2n) is 5.33. The van der Waals surface area contributed by atoms with E-state index in [4.69, 9.17) is 4.74 Å². The summed E-state index contributed by atoms with van der Waals surface area (Å²) in [4.78, 5) is 4.67. The molecule has 0 amide bonds. The molecule has 0 saturated heterocycles. The minimum absolute atomic E-state index is 0.852. The van der Waals surface area contributed by atoms with Gasteiger partial charge in [-0.1, -0.05) is 0 Å². The third kappa shape index (κ3) is 3.71. The first-order chi connectivity index (χ1) is 7.75. The van der Waals surface area contributed by atoms with Crippen molar-refractivity contribution in [1.82, 2.24) is 9.80 Å². The van der Waals surface area contributed by atoms with Crippen LogP contribution in [-0.4, -0.2) is 50.1 Å². The fourth-order valence-electron chi connectivity index (χ4n) is 2.40. The molecule has 2 atom stereocenters. The Kier molecular flexibility index (Phi) is 4.10. The number of hydrogen-bond donors (Lipinski definition) is 0. The molecule has 1 saturated carbocycles. The molecule has 1 aliphatic carbocycles. The van der Waals surface area contributed by atoms with Crippen LogP contribution in [0.3, 0.4) is 0 Å². The lowest BCUT2D eigenvalue weighted by Crippen LogP contribution is -2.26. The highest BCUT2D eigenvalue weighted by Gasteiger charge is 2.35. The van der Waals surface area contributed by atoms with Crippen molar-refractivity contribution in [2.75, 3.05) is 40.3 Å². The monoisotopic (exact) mass is 224 g/mol. The minimum Gasteiger partial charge on any atom is -0.498 e. The van der Waals surface area contributed by atoms with E-state index in [9.17, 15) is 0 Å². The van der Waals surface area contributed by atoms with Gasteiger partial charge in [0.05, 0.1) is 12.8 Å². The summed E-state index contributed by atoms with van der Waals surface area (Å²) in [6, 6.07) is 0. The zero-order valence-electron chi connectivity index (χ0n) is 10.6. The van der Waals surface area contributed by atoms with Crippen LogP contribution in [-0.2, 0) is 4.74 Å². The average molecular weight is 224 g/mol. The molecule has 92 valence electrons. The lowest BCUT2D eigenvalue weighted by molar-refractivity contribution is 0.170. The maximum Gasteiger partial charge on any atom is 0.105 e. The fraction of sp³-hybridized carbons (Fsp3) is 0.846. The van der Waals surface area contributed by atoms with Crippen LogP contribution in [0.2, 0.25) is 0 Å². The number of nitrogens with zero attached hydrogens (tertiary/aromatic N) is 2. The topological polar surface area (TPSA) is 15.7 Å². The maximum atomic E-state index is 5.18. The van der Waals surface area contributed by atoms with E-state index in [1.54, 1.807) is 0 Å². The largest absolute Gasteiger partial charge is 0.498 e. The van der Waals surface area contributed by atoms with Crippen LogP contribution in [0.4, 0.5) is 0 Å². The van der Waals surface area contributed by atoms with Crippen molar-refractivity contribution >= 4 is 0 Å². The Hall–Kier alpha value is -0.700. The Morgan fingerprint density at radius 3 is 2.81 bits per heavy atom. The quantitative estimate of drug-likeness (QED) is 0.684. The van der Waals surface area contributed by atoms with Gasteiger partial charge in [-0.05, 0) is 51.7 Å². The molecule has 0 aromatic heterocycles. The predicted molar refractivity (Wildman–Crippen MR) is 66.1 cm³/mol. The average Bonchev–Trinajstić information content (AvgIpc) is 3.04. The summed E-state index contributed by atoms with van der Waals surface area (Å²) in [7, 11) is 4.33. The predicted octanol–water partition coefficient (Wildman–Crippen LogP) is 1.77. The van der Waals surface area contributed by atoms with Gasteiger partial charge in [-0.2, -0.15) is 0 Å². The van der Waals surface area contributed by atoms with Gasteiger partial charge in [-0.15, -0.1) is 0 Å². The SMILES string of the molecule is CN(C)CCC1CC1CCN1C=COCC1. The molecule has 0 aromatic carbocycles. The Morgan fingerprint density at radius 1 is 1.31 bits per heavy atom. The molecule has 2 rings (SSSR count). The Morgan fingerprint density at radius 2 is 2.12 bits per heavy atom. The van der Waals surface area contributed by atoms with Crippen LogP contribution >= 0.6 is 0 Å². The van der Waals surface area contributed by atoms with Gasteiger partial charge in [0, 0.05) is 12.7 Å². The molecule has 0 radical (unpaired) electrons. The summed E-state index contributed by atoms with van der Waals surface area (Å²) in [6.45, 7) is 4.37. The summed E-state index contributed by atoms with van der Waals surface area (Å²) in [6.07, 6.45) is 8.11. The summed E-state index contributed by atoms with van der Waals surface area (Å²) in [5.41, 5.74) is 0. The first-order valence-corrected chi connectivity index (χ1v) is 6.43. The van der Waals surface area contributed by atoms with E-state index in [1.165, 1.54) is 32.4 Å². The first-order valence-electron chi connectivity index (χ1n) is 6.43. The fourth-order valence-corrected chi connectivity index (χ4v) is 2.40. The van der Waals surface area contributed by atoms with E-state index in [1.807, 2.05) is 6.26 Å². The van der Waals surface area contributed by atoms with Crippen LogP contribution in [0.15, 0.2) is 12.5 Å². The van der Waals surface area contributed by atoms with Crippen LogP contribution in [0, 0.1) is 11.8 Å². The first kappa shape index (κ1) is 11.8. The van der Waals surface area contributed by atoms with Crippen molar-refractivity contribution in [2.24, 2.45) is 11.8 Å². The summed E-state index contributed by atoms with van der Waals surface area (Å²) >= 11 is 0. The normalized spacial score (nSPS) is 28.3. The third-order valence-corrected chi connectivity index (χ3v) is 3.67. The van der Waals surface area contributed by atoms with E-state index < -0.39 is 0 Å². The van der Waals surface area contributed by atoms with Crippen molar-refractivity contribution in [2.45, 2.75) is 19.3 Å². The molecule has 1 fully saturated rings. The van der Waals surface area contributed by atoms with E-state index in [0.29, 0.717) is 0 Å². The summed E-state index contributed by atoms with van der Waals surface area (Å²) in [5.74, 6) is 2.00. The summed E-state index contributed by atoms with van der Waals surface area (Å²) < 4.78 is 5.18. The van der Waals surface area contributed by atoms with Gasteiger partial charge in [0.2, 0.25) is 0 Å². The molecular weight excluding hydrogens is 200 g/mol. The molecule has 0 aromatic rings. The van der Waals surface area contributed by atoms with Gasteiger partial charge in [0.1, 0.15) is 6.61 Å². The summed E-state index contributed by atoms with van der Waals surface area (Å²) in [5, 5.41) is 0. The molecule has 2 unspecified atom stereocenters. The van der Waals surface area contributed by atoms with Gasteiger partial charge in [0.25, 0.3) is 0 Å². The van der Waals surface area contributed by atoms with E-state index >= 15 is 0 Å². The zero-order chi connectivity index (χ0) is 11.4. The second-order valence-corrected chi connectivity index (χ2v) is 5.33. The Labute approximate surface area is 99.1 Å². The van der Waals surface area contributed by atoms with Crippen molar-refractivity contribution in [1.29, 1.82) is 0 Å². The molecule has 0 N–H and O–H groups in total. The van der Waals surface area contributed by atoms with Crippen LogP contribution in [0.1, 0.15) is 19.3 Å². The molecular formula is C13H24N2O. The second kappa shape index (κ2) is 5.58. The molecule has 2 aliphatic rings. The smallest absolute Gasteiger partial charge is 0.105 e. The van der Waals surface area contributed by atoms with Crippen LogP contribution in [0.25, 0.3) is 0 Å². The van der Waals surface area contributed by atoms with Gasteiger partial charge in [0.15, 0.2) is 0 Å². The maximum absolute atomic E-state index is 5.18. The molecule has 0 bridgehead atoms. The Balaban J connectivity index is 1.55. The molecule has 3 nitrogen and oxygen atoms in total. The molecule has 1 heterocycles. The highest BCUT2D eigenvalue weighted by Crippen LogP contribution is 2.43. The highest BCUT2D eigenvalue weighted by atomic mass is 16.5.